The first-order valence-corrected chi connectivity index (χ1v) is 9.77. The highest BCUT2D eigenvalue weighted by Crippen LogP contribution is 2.26. The fourth-order valence-electron chi connectivity index (χ4n) is 3.72. The second-order valence-electron chi connectivity index (χ2n) is 7.29. The number of hydrogen-bond donors (Lipinski definition) is 1. The van der Waals surface area contributed by atoms with Crippen molar-refractivity contribution < 1.29 is 14.3 Å². The summed E-state index contributed by atoms with van der Waals surface area (Å²) >= 11 is 0. The van der Waals surface area contributed by atoms with Gasteiger partial charge in [-0.1, -0.05) is 30.3 Å². The van der Waals surface area contributed by atoms with E-state index in [4.69, 9.17) is 4.74 Å². The number of fused-ring (bicyclic) bond motifs is 1. The number of ether oxygens (including phenoxy) is 1. The summed E-state index contributed by atoms with van der Waals surface area (Å²) < 4.78 is 5.52. The summed E-state index contributed by atoms with van der Waals surface area (Å²) in [4.78, 5) is 28.8. The Balaban J connectivity index is 1.23. The van der Waals surface area contributed by atoms with Crippen LogP contribution in [0.1, 0.15) is 11.1 Å². The molecule has 146 valence electrons. The number of piperazine rings is 1. The molecule has 0 atom stereocenters. The number of anilines is 1. The predicted molar refractivity (Wildman–Crippen MR) is 107 cm³/mol. The zero-order chi connectivity index (χ0) is 19.3. The lowest BCUT2D eigenvalue weighted by molar-refractivity contribution is -0.132. The van der Waals surface area contributed by atoms with Crippen molar-refractivity contribution >= 4 is 17.5 Å². The molecule has 0 unspecified atom stereocenters. The third-order valence-corrected chi connectivity index (χ3v) is 5.26. The number of benzene rings is 2. The molecule has 1 fully saturated rings. The first-order chi connectivity index (χ1) is 13.7. The van der Waals surface area contributed by atoms with Gasteiger partial charge in [0.05, 0.1) is 19.6 Å². The van der Waals surface area contributed by atoms with Crippen molar-refractivity contribution in [2.75, 3.05) is 44.6 Å². The van der Waals surface area contributed by atoms with E-state index in [0.29, 0.717) is 39.1 Å². The molecule has 2 amide bonds. The molecule has 2 aromatic rings. The van der Waals surface area contributed by atoms with Crippen LogP contribution in [0, 0.1) is 0 Å². The monoisotopic (exact) mass is 379 g/mol. The van der Waals surface area contributed by atoms with Crippen molar-refractivity contribution in [1.82, 2.24) is 9.80 Å². The minimum absolute atomic E-state index is 0.0219. The summed E-state index contributed by atoms with van der Waals surface area (Å²) in [5, 5.41) is 2.90. The highest BCUT2D eigenvalue weighted by molar-refractivity contribution is 5.92. The van der Waals surface area contributed by atoms with Crippen LogP contribution in [0.5, 0.6) is 5.75 Å². The minimum Gasteiger partial charge on any atom is -0.493 e. The van der Waals surface area contributed by atoms with Gasteiger partial charge < -0.3 is 15.0 Å². The van der Waals surface area contributed by atoms with Crippen LogP contribution in [0.4, 0.5) is 5.69 Å². The largest absolute Gasteiger partial charge is 0.493 e. The second kappa shape index (κ2) is 8.44. The van der Waals surface area contributed by atoms with Crippen molar-refractivity contribution in [2.24, 2.45) is 0 Å². The Morgan fingerprint density at radius 2 is 1.79 bits per heavy atom. The lowest BCUT2D eigenvalue weighted by Gasteiger charge is -2.34. The maximum atomic E-state index is 12.6. The van der Waals surface area contributed by atoms with Gasteiger partial charge in [0.1, 0.15) is 5.75 Å². The second-order valence-corrected chi connectivity index (χ2v) is 7.29. The number of rotatable bonds is 5. The van der Waals surface area contributed by atoms with Crippen molar-refractivity contribution in [3.05, 3.63) is 59.7 Å². The molecule has 2 aromatic carbocycles. The summed E-state index contributed by atoms with van der Waals surface area (Å²) in [5.74, 6) is 1.07. The summed E-state index contributed by atoms with van der Waals surface area (Å²) in [6.07, 6.45) is 1.34. The van der Waals surface area contributed by atoms with E-state index in [1.54, 1.807) is 0 Å². The van der Waals surface area contributed by atoms with Crippen LogP contribution < -0.4 is 10.1 Å². The van der Waals surface area contributed by atoms with E-state index in [2.05, 4.69) is 16.3 Å². The van der Waals surface area contributed by atoms with Crippen LogP contribution >= 0.6 is 0 Å². The number of nitrogens with zero attached hydrogens (tertiary/aromatic N) is 2. The number of carbonyl (C=O) groups is 2. The average molecular weight is 379 g/mol. The predicted octanol–water partition coefficient (Wildman–Crippen LogP) is 1.95. The molecule has 6 nitrogen and oxygen atoms in total. The molecule has 0 aromatic heterocycles. The lowest BCUT2D eigenvalue weighted by Crippen LogP contribution is -2.50. The quantitative estimate of drug-likeness (QED) is 0.863. The van der Waals surface area contributed by atoms with Gasteiger partial charge in [0.25, 0.3) is 0 Å². The Morgan fingerprint density at radius 3 is 2.57 bits per heavy atom. The Hall–Kier alpha value is -2.86. The molecule has 0 aliphatic carbocycles. The summed E-state index contributed by atoms with van der Waals surface area (Å²) in [6.45, 7) is 3.82. The van der Waals surface area contributed by atoms with Gasteiger partial charge in [-0.25, -0.2) is 0 Å². The van der Waals surface area contributed by atoms with Crippen LogP contribution in [0.15, 0.2) is 48.5 Å². The SMILES string of the molecule is O=C(CN1CCN(C(=O)Cc2ccc3c(c2)CCO3)CC1)Nc1ccccc1. The highest BCUT2D eigenvalue weighted by Gasteiger charge is 2.23. The third kappa shape index (κ3) is 4.51. The standard InChI is InChI=1S/C22H25N3O3/c26-21(23-19-4-2-1-3-5-19)16-24-9-11-25(12-10-24)22(27)15-17-6-7-20-18(14-17)8-13-28-20/h1-7,14H,8-13,15-16H2,(H,23,26). The van der Waals surface area contributed by atoms with Crippen LogP contribution in [0.2, 0.25) is 0 Å². The number of para-hydroxylation sites is 1. The molecule has 1 N–H and O–H groups in total. The van der Waals surface area contributed by atoms with Gasteiger partial charge in [0.15, 0.2) is 0 Å². The molecule has 2 heterocycles. The van der Waals surface area contributed by atoms with E-state index in [1.807, 2.05) is 47.4 Å². The van der Waals surface area contributed by atoms with E-state index >= 15 is 0 Å². The molecule has 0 saturated carbocycles. The van der Waals surface area contributed by atoms with Gasteiger partial charge in [0.2, 0.25) is 11.8 Å². The summed E-state index contributed by atoms with van der Waals surface area (Å²) in [6, 6.07) is 15.5. The van der Waals surface area contributed by atoms with Gasteiger partial charge in [-0.05, 0) is 29.3 Å². The Labute approximate surface area is 165 Å². The normalized spacial score (nSPS) is 16.4. The Kier molecular flexibility index (Phi) is 5.58. The average Bonchev–Trinajstić information content (AvgIpc) is 3.17. The van der Waals surface area contributed by atoms with E-state index in [0.717, 1.165) is 30.0 Å². The van der Waals surface area contributed by atoms with Crippen molar-refractivity contribution in [3.63, 3.8) is 0 Å². The summed E-state index contributed by atoms with van der Waals surface area (Å²) in [7, 11) is 0. The molecule has 4 rings (SSSR count). The first-order valence-electron chi connectivity index (χ1n) is 9.77. The van der Waals surface area contributed by atoms with E-state index in [-0.39, 0.29) is 11.8 Å². The molecule has 2 aliphatic heterocycles. The van der Waals surface area contributed by atoms with Gasteiger partial charge in [-0.3, -0.25) is 14.5 Å². The number of carbonyl (C=O) groups excluding carboxylic acids is 2. The maximum absolute atomic E-state index is 12.6. The minimum atomic E-state index is -0.0219. The number of hydrogen-bond acceptors (Lipinski definition) is 4. The number of amides is 2. The summed E-state index contributed by atoms with van der Waals surface area (Å²) in [5.41, 5.74) is 3.04. The number of nitrogens with one attached hydrogen (secondary N) is 1. The third-order valence-electron chi connectivity index (χ3n) is 5.26. The smallest absolute Gasteiger partial charge is 0.238 e. The highest BCUT2D eigenvalue weighted by atomic mass is 16.5. The molecular weight excluding hydrogens is 354 g/mol. The molecule has 2 aliphatic rings. The van der Waals surface area contributed by atoms with Crippen molar-refractivity contribution in [1.29, 1.82) is 0 Å². The lowest BCUT2D eigenvalue weighted by atomic mass is 10.1. The van der Waals surface area contributed by atoms with Crippen LogP contribution in [-0.2, 0) is 22.4 Å². The van der Waals surface area contributed by atoms with Crippen LogP contribution in [0.3, 0.4) is 0 Å². The fraction of sp³-hybridized carbons (Fsp3) is 0.364. The molecule has 0 radical (unpaired) electrons. The van der Waals surface area contributed by atoms with Gasteiger partial charge >= 0.3 is 0 Å². The zero-order valence-electron chi connectivity index (χ0n) is 15.9. The maximum Gasteiger partial charge on any atom is 0.238 e. The molecule has 6 heteroatoms. The molecular formula is C22H25N3O3. The Morgan fingerprint density at radius 1 is 1.00 bits per heavy atom. The Bertz CT molecular complexity index is 845. The zero-order valence-corrected chi connectivity index (χ0v) is 15.9. The van der Waals surface area contributed by atoms with E-state index < -0.39 is 0 Å². The molecule has 0 spiro atoms. The fourth-order valence-corrected chi connectivity index (χ4v) is 3.72. The van der Waals surface area contributed by atoms with Gasteiger partial charge in [0, 0.05) is 38.3 Å². The van der Waals surface area contributed by atoms with Gasteiger partial charge in [-0.15, -0.1) is 0 Å². The van der Waals surface area contributed by atoms with Crippen LogP contribution in [0.25, 0.3) is 0 Å². The molecule has 0 bridgehead atoms. The van der Waals surface area contributed by atoms with Crippen LogP contribution in [-0.4, -0.2) is 60.9 Å². The first kappa shape index (κ1) is 18.5. The molecule has 28 heavy (non-hydrogen) atoms. The van der Waals surface area contributed by atoms with E-state index in [1.165, 1.54) is 5.56 Å². The van der Waals surface area contributed by atoms with E-state index in [9.17, 15) is 9.59 Å². The van der Waals surface area contributed by atoms with Gasteiger partial charge in [-0.2, -0.15) is 0 Å². The topological polar surface area (TPSA) is 61.9 Å². The van der Waals surface area contributed by atoms with Crippen molar-refractivity contribution in [2.45, 2.75) is 12.8 Å². The van der Waals surface area contributed by atoms with Crippen molar-refractivity contribution in [3.8, 4) is 5.75 Å². The molecule has 1 saturated heterocycles.